The van der Waals surface area contributed by atoms with Crippen LogP contribution in [0.15, 0.2) is 16.7 Å². The third-order valence-corrected chi connectivity index (χ3v) is 3.67. The standard InChI is InChI=1S/C12H16BrClN2O/c1-2-11-8-16(3-4-17-11)12-9(6-14)5-10(13)7-15-12/h5,7,11H,2-4,6,8H2,1H3. The van der Waals surface area contributed by atoms with Crippen molar-refractivity contribution in [2.45, 2.75) is 25.3 Å². The fourth-order valence-electron chi connectivity index (χ4n) is 2.02. The molecule has 0 aromatic carbocycles. The number of morpholine rings is 1. The van der Waals surface area contributed by atoms with Gasteiger partial charge in [0, 0.05) is 29.3 Å². The van der Waals surface area contributed by atoms with Crippen LogP contribution in [0.1, 0.15) is 18.9 Å². The third-order valence-electron chi connectivity index (χ3n) is 2.95. The van der Waals surface area contributed by atoms with E-state index in [0.717, 1.165) is 42.0 Å². The van der Waals surface area contributed by atoms with Gasteiger partial charge in [-0.2, -0.15) is 0 Å². The van der Waals surface area contributed by atoms with Crippen LogP contribution < -0.4 is 4.90 Å². The number of halogens is 2. The Morgan fingerprint density at radius 3 is 3.18 bits per heavy atom. The molecule has 1 aliphatic rings. The predicted molar refractivity (Wildman–Crippen MR) is 73.7 cm³/mol. The zero-order valence-corrected chi connectivity index (χ0v) is 12.2. The molecule has 1 unspecified atom stereocenters. The molecule has 0 saturated carbocycles. The van der Waals surface area contributed by atoms with Gasteiger partial charge in [-0.25, -0.2) is 4.98 Å². The van der Waals surface area contributed by atoms with Crippen molar-refractivity contribution in [3.63, 3.8) is 0 Å². The van der Waals surface area contributed by atoms with Gasteiger partial charge in [-0.15, -0.1) is 11.6 Å². The van der Waals surface area contributed by atoms with E-state index >= 15 is 0 Å². The van der Waals surface area contributed by atoms with Crippen LogP contribution in [0.25, 0.3) is 0 Å². The van der Waals surface area contributed by atoms with E-state index < -0.39 is 0 Å². The summed E-state index contributed by atoms with van der Waals surface area (Å²) in [7, 11) is 0. The lowest BCUT2D eigenvalue weighted by molar-refractivity contribution is 0.0381. The van der Waals surface area contributed by atoms with Crippen LogP contribution in [0.5, 0.6) is 0 Å². The first-order valence-corrected chi connectivity index (χ1v) is 7.14. The van der Waals surface area contributed by atoms with Crippen LogP contribution in [0.2, 0.25) is 0 Å². The van der Waals surface area contributed by atoms with Crippen molar-refractivity contribution >= 4 is 33.3 Å². The first kappa shape index (κ1) is 13.1. The lowest BCUT2D eigenvalue weighted by Gasteiger charge is -2.34. The lowest BCUT2D eigenvalue weighted by Crippen LogP contribution is -2.43. The minimum absolute atomic E-state index is 0.303. The van der Waals surface area contributed by atoms with Crippen molar-refractivity contribution in [2.24, 2.45) is 0 Å². The summed E-state index contributed by atoms with van der Waals surface area (Å²) >= 11 is 9.40. The molecule has 2 rings (SSSR count). The quantitative estimate of drug-likeness (QED) is 0.800. The van der Waals surface area contributed by atoms with Crippen LogP contribution >= 0.6 is 27.5 Å². The van der Waals surface area contributed by atoms with Crippen LogP contribution in [0.3, 0.4) is 0 Å². The van der Waals surface area contributed by atoms with E-state index in [2.05, 4.69) is 32.7 Å². The Balaban J connectivity index is 2.20. The van der Waals surface area contributed by atoms with Gasteiger partial charge in [-0.05, 0) is 28.4 Å². The maximum absolute atomic E-state index is 5.97. The molecule has 3 nitrogen and oxygen atoms in total. The fraction of sp³-hybridized carbons (Fsp3) is 0.583. The summed E-state index contributed by atoms with van der Waals surface area (Å²) in [5.41, 5.74) is 1.07. The van der Waals surface area contributed by atoms with Crippen molar-refractivity contribution in [3.05, 3.63) is 22.3 Å². The second kappa shape index (κ2) is 6.03. The minimum Gasteiger partial charge on any atom is -0.375 e. The Morgan fingerprint density at radius 1 is 1.65 bits per heavy atom. The SMILES string of the molecule is CCC1CN(c2ncc(Br)cc2CCl)CCO1. The van der Waals surface area contributed by atoms with Gasteiger partial charge in [0.15, 0.2) is 0 Å². The van der Waals surface area contributed by atoms with Crippen molar-refractivity contribution < 1.29 is 4.74 Å². The number of alkyl halides is 1. The van der Waals surface area contributed by atoms with Crippen LogP contribution in [0.4, 0.5) is 5.82 Å². The molecular formula is C12H16BrClN2O. The predicted octanol–water partition coefficient (Wildman–Crippen LogP) is 3.20. The molecule has 1 fully saturated rings. The van der Waals surface area contributed by atoms with E-state index in [1.165, 1.54) is 0 Å². The summed E-state index contributed by atoms with van der Waals surface area (Å²) in [5, 5.41) is 0. The number of nitrogens with zero attached hydrogens (tertiary/aromatic N) is 2. The smallest absolute Gasteiger partial charge is 0.133 e. The van der Waals surface area contributed by atoms with Gasteiger partial charge in [0.05, 0.1) is 18.6 Å². The summed E-state index contributed by atoms with van der Waals surface area (Å²) in [4.78, 5) is 6.75. The van der Waals surface area contributed by atoms with Crippen LogP contribution in [-0.4, -0.2) is 30.8 Å². The Labute approximate surface area is 115 Å². The van der Waals surface area contributed by atoms with Gasteiger partial charge in [-0.1, -0.05) is 6.92 Å². The van der Waals surface area contributed by atoms with E-state index in [-0.39, 0.29) is 0 Å². The number of hydrogen-bond donors (Lipinski definition) is 0. The molecule has 1 saturated heterocycles. The molecule has 0 bridgehead atoms. The van der Waals surface area contributed by atoms with Crippen molar-refractivity contribution in [1.29, 1.82) is 0 Å². The molecule has 5 heteroatoms. The Hall–Kier alpha value is -0.320. The maximum atomic E-state index is 5.97. The third kappa shape index (κ3) is 3.12. The highest BCUT2D eigenvalue weighted by molar-refractivity contribution is 9.10. The summed E-state index contributed by atoms with van der Waals surface area (Å²) in [6.45, 7) is 4.69. The normalized spacial score (nSPS) is 20.6. The van der Waals surface area contributed by atoms with Gasteiger partial charge in [0.1, 0.15) is 5.82 Å². The van der Waals surface area contributed by atoms with E-state index in [9.17, 15) is 0 Å². The maximum Gasteiger partial charge on any atom is 0.133 e. The average molecular weight is 320 g/mol. The van der Waals surface area contributed by atoms with E-state index in [1.807, 2.05) is 12.3 Å². The minimum atomic E-state index is 0.303. The number of ether oxygens (including phenoxy) is 1. The monoisotopic (exact) mass is 318 g/mol. The number of pyridine rings is 1. The van der Waals surface area contributed by atoms with Crippen molar-refractivity contribution in [2.75, 3.05) is 24.6 Å². The second-order valence-corrected chi connectivity index (χ2v) is 5.30. The summed E-state index contributed by atoms with van der Waals surface area (Å²) in [5.74, 6) is 1.47. The van der Waals surface area contributed by atoms with Crippen molar-refractivity contribution in [3.8, 4) is 0 Å². The van der Waals surface area contributed by atoms with E-state index in [0.29, 0.717) is 12.0 Å². The van der Waals surface area contributed by atoms with E-state index in [1.54, 1.807) is 0 Å². The van der Waals surface area contributed by atoms with Crippen LogP contribution in [0, 0.1) is 0 Å². The highest BCUT2D eigenvalue weighted by atomic mass is 79.9. The van der Waals surface area contributed by atoms with Crippen LogP contribution in [-0.2, 0) is 10.6 Å². The molecule has 0 spiro atoms. The average Bonchev–Trinajstić information content (AvgIpc) is 2.38. The molecule has 0 N–H and O–H groups in total. The van der Waals surface area contributed by atoms with Crippen molar-refractivity contribution in [1.82, 2.24) is 4.98 Å². The molecule has 1 aliphatic heterocycles. The summed E-state index contributed by atoms with van der Waals surface area (Å²) in [6.07, 6.45) is 3.16. The number of anilines is 1. The molecule has 1 aromatic heterocycles. The lowest BCUT2D eigenvalue weighted by atomic mass is 10.2. The molecule has 94 valence electrons. The largest absolute Gasteiger partial charge is 0.375 e. The van der Waals surface area contributed by atoms with Gasteiger partial charge >= 0.3 is 0 Å². The molecule has 2 heterocycles. The highest BCUT2D eigenvalue weighted by Crippen LogP contribution is 2.25. The van der Waals surface area contributed by atoms with Gasteiger partial charge in [0.2, 0.25) is 0 Å². The summed E-state index contributed by atoms with van der Waals surface area (Å²) < 4.78 is 6.63. The van der Waals surface area contributed by atoms with Gasteiger partial charge in [0.25, 0.3) is 0 Å². The zero-order chi connectivity index (χ0) is 12.3. The molecule has 0 aliphatic carbocycles. The molecule has 0 amide bonds. The number of aromatic nitrogens is 1. The molecular weight excluding hydrogens is 304 g/mol. The topological polar surface area (TPSA) is 25.4 Å². The van der Waals surface area contributed by atoms with Gasteiger partial charge < -0.3 is 9.64 Å². The number of rotatable bonds is 3. The van der Waals surface area contributed by atoms with E-state index in [4.69, 9.17) is 16.3 Å². The Kier molecular flexibility index (Phi) is 4.65. The Morgan fingerprint density at radius 2 is 2.47 bits per heavy atom. The molecule has 17 heavy (non-hydrogen) atoms. The van der Waals surface area contributed by atoms with Gasteiger partial charge in [-0.3, -0.25) is 0 Å². The first-order valence-electron chi connectivity index (χ1n) is 5.81. The molecule has 0 radical (unpaired) electrons. The summed E-state index contributed by atoms with van der Waals surface area (Å²) in [6, 6.07) is 2.03. The number of hydrogen-bond acceptors (Lipinski definition) is 3. The Bertz CT molecular complexity index is 389. The fourth-order valence-corrected chi connectivity index (χ4v) is 2.59. The zero-order valence-electron chi connectivity index (χ0n) is 9.83. The second-order valence-electron chi connectivity index (χ2n) is 4.12. The highest BCUT2D eigenvalue weighted by Gasteiger charge is 2.21. The first-order chi connectivity index (χ1) is 8.24. The molecule has 1 atom stereocenters. The molecule has 1 aromatic rings.